The zero-order valence-electron chi connectivity index (χ0n) is 10.9. The summed E-state index contributed by atoms with van der Waals surface area (Å²) in [6.07, 6.45) is 4.65. The number of thiophene rings is 1. The van der Waals surface area contributed by atoms with Crippen LogP contribution in [0.25, 0.3) is 0 Å². The maximum atomic E-state index is 11.4. The number of anilines is 2. The van der Waals surface area contributed by atoms with E-state index in [4.69, 9.17) is 11.0 Å². The van der Waals surface area contributed by atoms with Gasteiger partial charge in [0.15, 0.2) is 5.78 Å². The molecule has 0 saturated carbocycles. The fraction of sp³-hybridized carbons (Fsp3) is 0.538. The first kappa shape index (κ1) is 14.5. The van der Waals surface area contributed by atoms with E-state index < -0.39 is 0 Å². The molecule has 0 radical (unpaired) electrons. The Hall–Kier alpha value is -1.54. The Morgan fingerprint density at radius 1 is 1.44 bits per heavy atom. The number of nitrogens with one attached hydrogen (secondary N) is 1. The lowest BCUT2D eigenvalue weighted by molar-refractivity contribution is 0.102. The molecule has 0 bridgehead atoms. The minimum Gasteiger partial charge on any atom is -0.396 e. The van der Waals surface area contributed by atoms with Crippen molar-refractivity contribution < 1.29 is 4.79 Å². The third kappa shape index (κ3) is 3.47. The van der Waals surface area contributed by atoms with Crippen LogP contribution in [0.3, 0.4) is 0 Å². The molecular formula is C13H19N3OS. The van der Waals surface area contributed by atoms with Gasteiger partial charge in [-0.15, -0.1) is 11.3 Å². The van der Waals surface area contributed by atoms with Crippen LogP contribution >= 0.6 is 11.3 Å². The number of hydrogen-bond acceptors (Lipinski definition) is 5. The summed E-state index contributed by atoms with van der Waals surface area (Å²) in [5, 5.41) is 13.0. The van der Waals surface area contributed by atoms with Crippen molar-refractivity contribution in [1.82, 2.24) is 0 Å². The molecule has 0 aliphatic carbocycles. The number of hydrogen-bond donors (Lipinski definition) is 2. The molecule has 0 aliphatic heterocycles. The molecule has 0 aliphatic rings. The number of nitriles is 1. The van der Waals surface area contributed by atoms with Crippen molar-refractivity contribution in [3.8, 4) is 6.07 Å². The van der Waals surface area contributed by atoms with E-state index in [0.717, 1.165) is 18.0 Å². The van der Waals surface area contributed by atoms with Crippen LogP contribution < -0.4 is 11.1 Å². The van der Waals surface area contributed by atoms with Crippen molar-refractivity contribution in [2.75, 3.05) is 17.6 Å². The Morgan fingerprint density at radius 3 is 2.72 bits per heavy atom. The summed E-state index contributed by atoms with van der Waals surface area (Å²) in [6, 6.07) is 2.06. The molecule has 5 heteroatoms. The van der Waals surface area contributed by atoms with E-state index in [2.05, 4.69) is 18.3 Å². The van der Waals surface area contributed by atoms with Crippen LogP contribution in [0.2, 0.25) is 0 Å². The van der Waals surface area contributed by atoms with E-state index in [0.29, 0.717) is 16.1 Å². The normalized spacial score (nSPS) is 10.1. The van der Waals surface area contributed by atoms with Gasteiger partial charge in [0.1, 0.15) is 16.6 Å². The quantitative estimate of drug-likeness (QED) is 0.585. The lowest BCUT2D eigenvalue weighted by atomic mass is 10.2. The van der Waals surface area contributed by atoms with Gasteiger partial charge in [0.25, 0.3) is 0 Å². The lowest BCUT2D eigenvalue weighted by Gasteiger charge is -2.03. The summed E-state index contributed by atoms with van der Waals surface area (Å²) in [7, 11) is 0. The molecule has 0 aromatic carbocycles. The summed E-state index contributed by atoms with van der Waals surface area (Å²) in [6.45, 7) is 4.45. The minimum atomic E-state index is -0.0898. The van der Waals surface area contributed by atoms with Gasteiger partial charge >= 0.3 is 0 Å². The zero-order chi connectivity index (χ0) is 13.5. The Morgan fingerprint density at radius 2 is 2.17 bits per heavy atom. The standard InChI is InChI=1S/C13H19N3OS/c1-3-4-5-6-7-16-13-10(8-14)11(15)12(18-13)9(2)17/h16H,3-7,15H2,1-2H3. The van der Waals surface area contributed by atoms with Crippen molar-refractivity contribution >= 4 is 27.8 Å². The third-order valence-corrected chi connectivity index (χ3v) is 3.96. The van der Waals surface area contributed by atoms with Gasteiger partial charge in [-0.2, -0.15) is 5.26 Å². The molecule has 1 aromatic heterocycles. The maximum Gasteiger partial charge on any atom is 0.171 e. The number of carbonyl (C=O) groups excluding carboxylic acids is 1. The molecule has 1 rings (SSSR count). The van der Waals surface area contributed by atoms with E-state index >= 15 is 0 Å². The predicted molar refractivity (Wildman–Crippen MR) is 76.1 cm³/mol. The number of nitrogen functional groups attached to an aromatic ring is 1. The number of carbonyl (C=O) groups is 1. The first-order chi connectivity index (χ1) is 8.61. The van der Waals surface area contributed by atoms with Gasteiger partial charge in [0.2, 0.25) is 0 Å². The number of nitrogens with zero attached hydrogens (tertiary/aromatic N) is 1. The summed E-state index contributed by atoms with van der Waals surface area (Å²) >= 11 is 1.27. The van der Waals surface area contributed by atoms with Gasteiger partial charge in [-0.3, -0.25) is 4.79 Å². The minimum absolute atomic E-state index is 0.0898. The lowest BCUT2D eigenvalue weighted by Crippen LogP contribution is -2.01. The first-order valence-corrected chi connectivity index (χ1v) is 7.00. The highest BCUT2D eigenvalue weighted by atomic mass is 32.1. The van der Waals surface area contributed by atoms with Crippen molar-refractivity contribution in [3.63, 3.8) is 0 Å². The van der Waals surface area contributed by atoms with E-state index in [1.165, 1.54) is 37.5 Å². The van der Waals surface area contributed by atoms with Crippen molar-refractivity contribution in [2.45, 2.75) is 39.5 Å². The molecule has 98 valence electrons. The smallest absolute Gasteiger partial charge is 0.171 e. The molecule has 3 N–H and O–H groups in total. The third-order valence-electron chi connectivity index (χ3n) is 2.69. The zero-order valence-corrected chi connectivity index (χ0v) is 11.7. The van der Waals surface area contributed by atoms with Gasteiger partial charge in [-0.05, 0) is 6.42 Å². The van der Waals surface area contributed by atoms with Crippen LogP contribution in [-0.2, 0) is 0 Å². The van der Waals surface area contributed by atoms with Crippen LogP contribution in [0.1, 0.15) is 54.8 Å². The molecule has 0 amide bonds. The fourth-order valence-corrected chi connectivity index (χ4v) is 2.69. The van der Waals surface area contributed by atoms with Crippen LogP contribution in [-0.4, -0.2) is 12.3 Å². The number of unbranched alkanes of at least 4 members (excludes halogenated alkanes) is 3. The summed E-state index contributed by atoms with van der Waals surface area (Å²) in [5.41, 5.74) is 6.51. The molecule has 0 fully saturated rings. The van der Waals surface area contributed by atoms with E-state index in [-0.39, 0.29) is 5.78 Å². The maximum absolute atomic E-state index is 11.4. The Balaban J connectivity index is 2.68. The topological polar surface area (TPSA) is 78.9 Å². The van der Waals surface area contributed by atoms with Crippen molar-refractivity contribution in [2.24, 2.45) is 0 Å². The van der Waals surface area contributed by atoms with Crippen LogP contribution in [0.15, 0.2) is 0 Å². The highest BCUT2D eigenvalue weighted by Gasteiger charge is 2.18. The molecule has 4 nitrogen and oxygen atoms in total. The Bertz CT molecular complexity index is 460. The summed E-state index contributed by atoms with van der Waals surface area (Å²) < 4.78 is 0. The number of rotatable bonds is 7. The largest absolute Gasteiger partial charge is 0.396 e. The second-order valence-electron chi connectivity index (χ2n) is 4.20. The highest BCUT2D eigenvalue weighted by molar-refractivity contribution is 7.18. The van der Waals surface area contributed by atoms with Crippen LogP contribution in [0.5, 0.6) is 0 Å². The molecule has 0 atom stereocenters. The van der Waals surface area contributed by atoms with E-state index in [1.807, 2.05) is 0 Å². The fourth-order valence-electron chi connectivity index (χ4n) is 1.69. The second kappa shape index (κ2) is 7.02. The molecular weight excluding hydrogens is 246 g/mol. The number of Topliss-reactive ketones (excluding diaryl/α,β-unsaturated/α-hetero) is 1. The van der Waals surface area contributed by atoms with Gasteiger partial charge < -0.3 is 11.1 Å². The number of ketones is 1. The predicted octanol–water partition coefficient (Wildman–Crippen LogP) is 3.40. The molecule has 18 heavy (non-hydrogen) atoms. The molecule has 0 spiro atoms. The Kier molecular flexibility index (Phi) is 5.66. The highest BCUT2D eigenvalue weighted by Crippen LogP contribution is 2.35. The summed E-state index contributed by atoms with van der Waals surface area (Å²) in [5.74, 6) is -0.0898. The van der Waals surface area contributed by atoms with E-state index in [9.17, 15) is 4.79 Å². The average Bonchev–Trinajstić information content (AvgIpc) is 2.65. The SMILES string of the molecule is CCCCCCNc1sc(C(C)=O)c(N)c1C#N. The van der Waals surface area contributed by atoms with Crippen molar-refractivity contribution in [3.05, 3.63) is 10.4 Å². The van der Waals surface area contributed by atoms with Gasteiger partial charge in [0.05, 0.1) is 10.6 Å². The van der Waals surface area contributed by atoms with Crippen molar-refractivity contribution in [1.29, 1.82) is 5.26 Å². The van der Waals surface area contributed by atoms with Gasteiger partial charge in [-0.25, -0.2) is 0 Å². The van der Waals surface area contributed by atoms with Gasteiger partial charge in [-0.1, -0.05) is 26.2 Å². The van der Waals surface area contributed by atoms with Gasteiger partial charge in [0, 0.05) is 13.5 Å². The average molecular weight is 265 g/mol. The molecule has 0 unspecified atom stereocenters. The van der Waals surface area contributed by atoms with Crippen LogP contribution in [0, 0.1) is 11.3 Å². The van der Waals surface area contributed by atoms with E-state index in [1.54, 1.807) is 0 Å². The monoisotopic (exact) mass is 265 g/mol. The van der Waals surface area contributed by atoms with Crippen LogP contribution in [0.4, 0.5) is 10.7 Å². The molecule has 1 aromatic rings. The second-order valence-corrected chi connectivity index (χ2v) is 5.23. The molecule has 1 heterocycles. The summed E-state index contributed by atoms with van der Waals surface area (Å²) in [4.78, 5) is 11.8. The Labute approximate surface area is 112 Å². The first-order valence-electron chi connectivity index (χ1n) is 6.19. The number of nitrogens with two attached hydrogens (primary N) is 1. The molecule has 0 saturated heterocycles.